The smallest absolute Gasteiger partial charge is 0.332 e. The van der Waals surface area contributed by atoms with Crippen LogP contribution in [-0.4, -0.2) is 57.0 Å². The summed E-state index contributed by atoms with van der Waals surface area (Å²) in [6.45, 7) is 7.48. The second-order valence-electron chi connectivity index (χ2n) is 9.41. The van der Waals surface area contributed by atoms with Crippen molar-refractivity contribution >= 4 is 25.4 Å². The van der Waals surface area contributed by atoms with Gasteiger partial charge in [-0.1, -0.05) is 58.0 Å². The fourth-order valence-electron chi connectivity index (χ4n) is 3.47. The van der Waals surface area contributed by atoms with E-state index in [1.807, 2.05) is 44.2 Å². The summed E-state index contributed by atoms with van der Waals surface area (Å²) >= 11 is 0. The fraction of sp³-hybridized carbons (Fsp3) is 0.625. The highest BCUT2D eigenvalue weighted by molar-refractivity contribution is 7.54. The maximum Gasteiger partial charge on any atom is 0.332 e. The molecule has 10 heteroatoms. The number of amides is 1. The van der Waals surface area contributed by atoms with Gasteiger partial charge in [0.1, 0.15) is 0 Å². The van der Waals surface area contributed by atoms with E-state index in [-0.39, 0.29) is 38.3 Å². The predicted molar refractivity (Wildman–Crippen MR) is 126 cm³/mol. The molecule has 0 aliphatic carbocycles. The van der Waals surface area contributed by atoms with Gasteiger partial charge in [-0.05, 0) is 11.5 Å². The van der Waals surface area contributed by atoms with Gasteiger partial charge < -0.3 is 19.3 Å². The number of methoxy groups -OCH3 is 1. The summed E-state index contributed by atoms with van der Waals surface area (Å²) < 4.78 is 34.8. The van der Waals surface area contributed by atoms with Crippen LogP contribution in [0.3, 0.4) is 0 Å². The average molecular weight is 498 g/mol. The first-order valence-electron chi connectivity index (χ1n) is 11.4. The van der Waals surface area contributed by atoms with Crippen molar-refractivity contribution in [2.45, 2.75) is 46.6 Å². The molecule has 1 aliphatic heterocycles. The van der Waals surface area contributed by atoms with Crippen molar-refractivity contribution in [3.63, 3.8) is 0 Å². The lowest BCUT2D eigenvalue weighted by molar-refractivity contribution is -0.149. The molecule has 1 amide bonds. The van der Waals surface area contributed by atoms with Crippen LogP contribution in [0.2, 0.25) is 0 Å². The molecule has 1 aromatic carbocycles. The molecule has 1 saturated heterocycles. The molecule has 1 aromatic rings. The van der Waals surface area contributed by atoms with Crippen molar-refractivity contribution in [3.05, 3.63) is 35.9 Å². The summed E-state index contributed by atoms with van der Waals surface area (Å²) in [5.41, 5.74) is 0.290. The molecule has 2 rings (SSSR count). The van der Waals surface area contributed by atoms with Crippen molar-refractivity contribution in [1.82, 2.24) is 5.32 Å². The standard InChI is InChI=1S/C24H36NO8P/c1-17(2)19(23(28)31-14-12-18-9-7-6-8-10-18)15-34(29)32-16-24(3,4)21(33-34)22(27)25-13-11-20(26)30-5/h6-10,17,19,21H,11-16H2,1-5H3,(H,25,27)/t19-,21-,34-/m0/s1. The number of esters is 2. The predicted octanol–water partition coefficient (Wildman–Crippen LogP) is 3.36. The van der Waals surface area contributed by atoms with E-state index in [0.717, 1.165) is 5.56 Å². The highest BCUT2D eigenvalue weighted by atomic mass is 31.2. The monoisotopic (exact) mass is 497 g/mol. The van der Waals surface area contributed by atoms with E-state index in [2.05, 4.69) is 10.1 Å². The minimum atomic E-state index is -3.77. The minimum absolute atomic E-state index is 0.00773. The number of carbonyl (C=O) groups is 3. The molecule has 1 fully saturated rings. The zero-order valence-electron chi connectivity index (χ0n) is 20.6. The number of hydrogen-bond donors (Lipinski definition) is 1. The number of carbonyl (C=O) groups excluding carboxylic acids is 3. The first-order valence-corrected chi connectivity index (χ1v) is 13.2. The molecule has 0 saturated carbocycles. The van der Waals surface area contributed by atoms with Gasteiger partial charge in [-0.3, -0.25) is 23.5 Å². The zero-order chi connectivity index (χ0) is 25.4. The fourth-order valence-corrected chi connectivity index (χ4v) is 6.01. The molecule has 0 unspecified atom stereocenters. The van der Waals surface area contributed by atoms with Crippen LogP contribution in [0.1, 0.15) is 39.7 Å². The summed E-state index contributed by atoms with van der Waals surface area (Å²) in [4.78, 5) is 36.8. The van der Waals surface area contributed by atoms with Crippen LogP contribution in [0.15, 0.2) is 30.3 Å². The number of ether oxygens (including phenoxy) is 2. The van der Waals surface area contributed by atoms with Gasteiger partial charge >= 0.3 is 19.5 Å². The maximum absolute atomic E-state index is 13.5. The van der Waals surface area contributed by atoms with Crippen molar-refractivity contribution in [2.24, 2.45) is 17.3 Å². The van der Waals surface area contributed by atoms with Gasteiger partial charge in [0.05, 0.1) is 38.8 Å². The lowest BCUT2D eigenvalue weighted by Gasteiger charge is -2.41. The SMILES string of the molecule is COC(=O)CCNC(=O)[C@@H]1O[P@](=O)(C[C@H](C(=O)OCCc2ccccc2)C(C)C)OCC1(C)C. The van der Waals surface area contributed by atoms with Crippen molar-refractivity contribution in [1.29, 1.82) is 0 Å². The Morgan fingerprint density at radius 1 is 1.21 bits per heavy atom. The summed E-state index contributed by atoms with van der Waals surface area (Å²) in [7, 11) is -2.50. The number of benzene rings is 1. The Kier molecular flexibility index (Phi) is 10.3. The van der Waals surface area contributed by atoms with E-state index in [1.165, 1.54) is 7.11 Å². The number of nitrogens with one attached hydrogen (secondary N) is 1. The second-order valence-corrected chi connectivity index (χ2v) is 11.5. The molecule has 9 nitrogen and oxygen atoms in total. The summed E-state index contributed by atoms with van der Waals surface area (Å²) in [6, 6.07) is 9.66. The average Bonchev–Trinajstić information content (AvgIpc) is 2.79. The van der Waals surface area contributed by atoms with Gasteiger partial charge in [-0.2, -0.15) is 0 Å². The minimum Gasteiger partial charge on any atom is -0.469 e. The molecule has 3 atom stereocenters. The maximum atomic E-state index is 13.5. The van der Waals surface area contributed by atoms with Crippen molar-refractivity contribution < 1.29 is 37.5 Å². The van der Waals surface area contributed by atoms with E-state index in [1.54, 1.807) is 13.8 Å². The third-order valence-corrected chi connectivity index (χ3v) is 7.60. The van der Waals surface area contributed by atoms with Crippen molar-refractivity contribution in [2.75, 3.05) is 33.0 Å². The van der Waals surface area contributed by atoms with E-state index in [9.17, 15) is 18.9 Å². The normalized spacial score (nSPS) is 22.6. The van der Waals surface area contributed by atoms with Crippen LogP contribution in [0, 0.1) is 17.3 Å². The number of rotatable bonds is 11. The molecule has 190 valence electrons. The third kappa shape index (κ3) is 8.22. The lowest BCUT2D eigenvalue weighted by atomic mass is 9.87. The van der Waals surface area contributed by atoms with E-state index in [0.29, 0.717) is 6.42 Å². The van der Waals surface area contributed by atoms with Gasteiger partial charge in [0.25, 0.3) is 0 Å². The number of hydrogen-bond acceptors (Lipinski definition) is 8. The molecule has 34 heavy (non-hydrogen) atoms. The molecule has 1 aliphatic rings. The van der Waals surface area contributed by atoms with Crippen molar-refractivity contribution in [3.8, 4) is 0 Å². The second kappa shape index (κ2) is 12.5. The first kappa shape index (κ1) is 28.0. The summed E-state index contributed by atoms with van der Waals surface area (Å²) in [6.07, 6.45) is -0.666. The first-order chi connectivity index (χ1) is 16.0. The van der Waals surface area contributed by atoms with Gasteiger partial charge in [0.2, 0.25) is 5.91 Å². The Labute approximate surface area is 201 Å². The topological polar surface area (TPSA) is 117 Å². The largest absolute Gasteiger partial charge is 0.469 e. The Balaban J connectivity index is 2.00. The lowest BCUT2D eigenvalue weighted by Crippen LogP contribution is -2.50. The summed E-state index contributed by atoms with van der Waals surface area (Å²) in [5, 5.41) is 2.62. The molecule has 0 spiro atoms. The molecule has 0 aromatic heterocycles. The van der Waals surface area contributed by atoms with Crippen LogP contribution in [0.5, 0.6) is 0 Å². The van der Waals surface area contributed by atoms with Gasteiger partial charge in [0.15, 0.2) is 6.10 Å². The van der Waals surface area contributed by atoms with Crippen LogP contribution in [0.25, 0.3) is 0 Å². The van der Waals surface area contributed by atoms with Crippen LogP contribution >= 0.6 is 7.60 Å². The van der Waals surface area contributed by atoms with Gasteiger partial charge in [-0.25, -0.2) is 0 Å². The van der Waals surface area contributed by atoms with E-state index >= 15 is 0 Å². The van der Waals surface area contributed by atoms with Crippen LogP contribution < -0.4 is 5.32 Å². The Hall–Kier alpha value is -2.22. The zero-order valence-corrected chi connectivity index (χ0v) is 21.5. The van der Waals surface area contributed by atoms with Gasteiger partial charge in [-0.15, -0.1) is 0 Å². The quantitative estimate of drug-likeness (QED) is 0.365. The molecule has 1 heterocycles. The highest BCUT2D eigenvalue weighted by Crippen LogP contribution is 2.58. The third-order valence-electron chi connectivity index (χ3n) is 5.71. The Morgan fingerprint density at radius 2 is 1.88 bits per heavy atom. The Morgan fingerprint density at radius 3 is 2.50 bits per heavy atom. The Bertz CT molecular complexity index is 886. The molecule has 0 bridgehead atoms. The van der Waals surface area contributed by atoms with Crippen LogP contribution in [-0.2, 0) is 43.9 Å². The molecule has 0 radical (unpaired) electrons. The highest BCUT2D eigenvalue weighted by Gasteiger charge is 2.49. The van der Waals surface area contributed by atoms with Crippen LogP contribution in [0.4, 0.5) is 0 Å². The van der Waals surface area contributed by atoms with E-state index in [4.69, 9.17) is 13.8 Å². The van der Waals surface area contributed by atoms with Gasteiger partial charge in [0, 0.05) is 18.4 Å². The molecule has 1 N–H and O–H groups in total. The summed E-state index contributed by atoms with van der Waals surface area (Å²) in [5.74, 6) is -2.32. The molecular weight excluding hydrogens is 461 g/mol. The van der Waals surface area contributed by atoms with E-state index < -0.39 is 42.9 Å². The molecular formula is C24H36NO8P.